The summed E-state index contributed by atoms with van der Waals surface area (Å²) in [5.74, 6) is 2.15. The van der Waals surface area contributed by atoms with Crippen LogP contribution in [0, 0.1) is 6.92 Å². The standard InChI is InChI=1S/C8H14N4/c1-3-8-11-10-6(2)12(8)7-4-9-5-7/h7,9H,3-5H2,1-2H3. The van der Waals surface area contributed by atoms with Crippen LogP contribution in [0.4, 0.5) is 0 Å². The molecule has 1 fully saturated rings. The van der Waals surface area contributed by atoms with E-state index in [0.717, 1.165) is 31.2 Å². The Morgan fingerprint density at radius 3 is 2.75 bits per heavy atom. The van der Waals surface area contributed by atoms with Crippen molar-refractivity contribution in [2.24, 2.45) is 0 Å². The molecule has 0 aliphatic carbocycles. The second-order valence-corrected chi connectivity index (χ2v) is 3.20. The molecule has 0 aromatic carbocycles. The highest BCUT2D eigenvalue weighted by Crippen LogP contribution is 2.15. The Labute approximate surface area is 72.0 Å². The normalized spacial score (nSPS) is 17.8. The Kier molecular flexibility index (Phi) is 1.84. The fraction of sp³-hybridized carbons (Fsp3) is 0.750. The predicted octanol–water partition coefficient (Wildman–Crippen LogP) is 0.293. The lowest BCUT2D eigenvalue weighted by molar-refractivity contribution is 0.331. The van der Waals surface area contributed by atoms with Gasteiger partial charge < -0.3 is 9.88 Å². The molecule has 0 unspecified atom stereocenters. The Morgan fingerprint density at radius 1 is 1.50 bits per heavy atom. The summed E-state index contributed by atoms with van der Waals surface area (Å²) in [6.07, 6.45) is 0.970. The zero-order valence-electron chi connectivity index (χ0n) is 7.54. The van der Waals surface area contributed by atoms with Gasteiger partial charge in [-0.3, -0.25) is 0 Å². The van der Waals surface area contributed by atoms with Gasteiger partial charge in [-0.15, -0.1) is 10.2 Å². The third-order valence-electron chi connectivity index (χ3n) is 2.38. The Balaban J connectivity index is 2.31. The van der Waals surface area contributed by atoms with Gasteiger partial charge >= 0.3 is 0 Å². The van der Waals surface area contributed by atoms with Crippen molar-refractivity contribution in [3.63, 3.8) is 0 Å². The van der Waals surface area contributed by atoms with Crippen molar-refractivity contribution >= 4 is 0 Å². The zero-order chi connectivity index (χ0) is 8.55. The zero-order valence-corrected chi connectivity index (χ0v) is 7.54. The molecular weight excluding hydrogens is 152 g/mol. The van der Waals surface area contributed by atoms with E-state index in [1.807, 2.05) is 6.92 Å². The van der Waals surface area contributed by atoms with Gasteiger partial charge in [0.15, 0.2) is 0 Å². The van der Waals surface area contributed by atoms with Gasteiger partial charge in [0.25, 0.3) is 0 Å². The molecular formula is C8H14N4. The van der Waals surface area contributed by atoms with Crippen molar-refractivity contribution < 1.29 is 0 Å². The van der Waals surface area contributed by atoms with Gasteiger partial charge in [0.1, 0.15) is 11.6 Å². The molecule has 0 radical (unpaired) electrons. The van der Waals surface area contributed by atoms with Gasteiger partial charge in [-0.05, 0) is 6.92 Å². The van der Waals surface area contributed by atoms with Gasteiger partial charge in [-0.25, -0.2) is 0 Å². The third-order valence-corrected chi connectivity index (χ3v) is 2.38. The summed E-state index contributed by atoms with van der Waals surface area (Å²) in [6.45, 7) is 6.26. The van der Waals surface area contributed by atoms with E-state index < -0.39 is 0 Å². The minimum Gasteiger partial charge on any atom is -0.313 e. The summed E-state index contributed by atoms with van der Waals surface area (Å²) < 4.78 is 2.25. The van der Waals surface area contributed by atoms with Gasteiger partial charge in [0, 0.05) is 19.5 Å². The van der Waals surface area contributed by atoms with E-state index in [2.05, 4.69) is 27.0 Å². The summed E-state index contributed by atoms with van der Waals surface area (Å²) in [4.78, 5) is 0. The van der Waals surface area contributed by atoms with Crippen LogP contribution in [0.3, 0.4) is 0 Å². The number of nitrogens with one attached hydrogen (secondary N) is 1. The van der Waals surface area contributed by atoms with Crippen LogP contribution in [0.25, 0.3) is 0 Å². The fourth-order valence-corrected chi connectivity index (χ4v) is 1.59. The lowest BCUT2D eigenvalue weighted by atomic mass is 10.1. The number of aromatic nitrogens is 3. The van der Waals surface area contributed by atoms with Gasteiger partial charge in [0.2, 0.25) is 0 Å². The van der Waals surface area contributed by atoms with Crippen LogP contribution >= 0.6 is 0 Å². The maximum absolute atomic E-state index is 4.12. The van der Waals surface area contributed by atoms with Gasteiger partial charge in [-0.2, -0.15) is 0 Å². The smallest absolute Gasteiger partial charge is 0.133 e. The molecule has 1 saturated heterocycles. The van der Waals surface area contributed by atoms with Crippen molar-refractivity contribution in [1.29, 1.82) is 0 Å². The first-order chi connectivity index (χ1) is 5.83. The first-order valence-corrected chi connectivity index (χ1v) is 4.44. The molecule has 4 nitrogen and oxygen atoms in total. The summed E-state index contributed by atoms with van der Waals surface area (Å²) in [6, 6.07) is 0.593. The topological polar surface area (TPSA) is 42.7 Å². The molecule has 0 atom stereocenters. The first kappa shape index (κ1) is 7.73. The highest BCUT2D eigenvalue weighted by molar-refractivity contribution is 5.00. The molecule has 1 N–H and O–H groups in total. The molecule has 2 rings (SSSR count). The van der Waals surface area contributed by atoms with Crippen LogP contribution < -0.4 is 5.32 Å². The van der Waals surface area contributed by atoms with Crippen LogP contribution in [0.5, 0.6) is 0 Å². The average Bonchev–Trinajstić information content (AvgIpc) is 2.30. The van der Waals surface area contributed by atoms with E-state index in [-0.39, 0.29) is 0 Å². The maximum Gasteiger partial charge on any atom is 0.133 e. The molecule has 1 aliphatic rings. The van der Waals surface area contributed by atoms with Crippen LogP contribution in [0.1, 0.15) is 24.6 Å². The molecule has 0 spiro atoms. The number of aryl methyl sites for hydroxylation is 2. The SMILES string of the molecule is CCc1nnc(C)n1C1CNC1. The molecule has 2 heterocycles. The minimum absolute atomic E-state index is 0.593. The quantitative estimate of drug-likeness (QED) is 0.687. The molecule has 0 amide bonds. The second-order valence-electron chi connectivity index (χ2n) is 3.20. The predicted molar refractivity (Wildman–Crippen MR) is 46.0 cm³/mol. The number of rotatable bonds is 2. The van der Waals surface area contributed by atoms with Crippen LogP contribution in [-0.4, -0.2) is 27.9 Å². The first-order valence-electron chi connectivity index (χ1n) is 4.44. The molecule has 66 valence electrons. The minimum atomic E-state index is 0.593. The Hall–Kier alpha value is -0.900. The Morgan fingerprint density at radius 2 is 2.25 bits per heavy atom. The molecule has 12 heavy (non-hydrogen) atoms. The lowest BCUT2D eigenvalue weighted by Gasteiger charge is -2.30. The van der Waals surface area contributed by atoms with E-state index in [1.54, 1.807) is 0 Å². The van der Waals surface area contributed by atoms with E-state index in [1.165, 1.54) is 0 Å². The number of hydrogen-bond donors (Lipinski definition) is 1. The maximum atomic E-state index is 4.12. The van der Waals surface area contributed by atoms with E-state index >= 15 is 0 Å². The van der Waals surface area contributed by atoms with Crippen molar-refractivity contribution in [2.75, 3.05) is 13.1 Å². The summed E-state index contributed by atoms with van der Waals surface area (Å²) in [5, 5.41) is 11.4. The van der Waals surface area contributed by atoms with Crippen molar-refractivity contribution in [3.8, 4) is 0 Å². The molecule has 0 saturated carbocycles. The van der Waals surface area contributed by atoms with Crippen LogP contribution in [0.2, 0.25) is 0 Å². The highest BCUT2D eigenvalue weighted by atomic mass is 15.3. The second kappa shape index (κ2) is 2.86. The summed E-state index contributed by atoms with van der Waals surface area (Å²) in [5.41, 5.74) is 0. The van der Waals surface area contributed by atoms with Gasteiger partial charge in [0.05, 0.1) is 6.04 Å². The molecule has 0 bridgehead atoms. The number of hydrogen-bond acceptors (Lipinski definition) is 3. The number of nitrogens with zero attached hydrogens (tertiary/aromatic N) is 3. The third kappa shape index (κ3) is 1.03. The molecule has 1 aliphatic heterocycles. The molecule has 4 heteroatoms. The van der Waals surface area contributed by atoms with Crippen LogP contribution in [-0.2, 0) is 6.42 Å². The van der Waals surface area contributed by atoms with Crippen LogP contribution in [0.15, 0.2) is 0 Å². The van der Waals surface area contributed by atoms with Crippen molar-refractivity contribution in [3.05, 3.63) is 11.6 Å². The van der Waals surface area contributed by atoms with E-state index in [9.17, 15) is 0 Å². The van der Waals surface area contributed by atoms with E-state index in [0.29, 0.717) is 6.04 Å². The van der Waals surface area contributed by atoms with E-state index in [4.69, 9.17) is 0 Å². The van der Waals surface area contributed by atoms with Crippen molar-refractivity contribution in [2.45, 2.75) is 26.3 Å². The summed E-state index contributed by atoms with van der Waals surface area (Å²) >= 11 is 0. The molecule has 1 aromatic heterocycles. The highest BCUT2D eigenvalue weighted by Gasteiger charge is 2.22. The largest absolute Gasteiger partial charge is 0.313 e. The molecule has 1 aromatic rings. The summed E-state index contributed by atoms with van der Waals surface area (Å²) in [7, 11) is 0. The average molecular weight is 166 g/mol. The monoisotopic (exact) mass is 166 g/mol. The van der Waals surface area contributed by atoms with Gasteiger partial charge in [-0.1, -0.05) is 6.92 Å². The lowest BCUT2D eigenvalue weighted by Crippen LogP contribution is -2.44. The Bertz CT molecular complexity index is 275. The van der Waals surface area contributed by atoms with Crippen molar-refractivity contribution in [1.82, 2.24) is 20.1 Å². The fourth-order valence-electron chi connectivity index (χ4n) is 1.59.